The van der Waals surface area contributed by atoms with Crippen molar-refractivity contribution in [2.45, 2.75) is 52.4 Å². The van der Waals surface area contributed by atoms with Crippen molar-refractivity contribution < 1.29 is 38.1 Å². The zero-order valence-electron chi connectivity index (χ0n) is 23.7. The molecule has 4 rings (SSSR count). The summed E-state index contributed by atoms with van der Waals surface area (Å²) in [6, 6.07) is 2.25. The SMILES string of the molecule is CC1CCC1CCOC(=O)c1c(Cl)c(Cl)cc(Cl)c1OC(=O)C(=O)Oc1c(Cl)cc(Cl)c(Cl)c1C(=O)OCCC1CCC1C. The Hall–Kier alpha value is -1.94. The molecule has 2 aromatic carbocycles. The third-order valence-electron chi connectivity index (χ3n) is 8.26. The zero-order valence-corrected chi connectivity index (χ0v) is 28.2. The van der Waals surface area contributed by atoms with E-state index in [9.17, 15) is 19.2 Å². The third kappa shape index (κ3) is 7.88. The Morgan fingerprint density at radius 2 is 0.977 bits per heavy atom. The molecule has 0 N–H and O–H groups in total. The van der Waals surface area contributed by atoms with Crippen LogP contribution in [-0.2, 0) is 19.1 Å². The monoisotopic (exact) mass is 726 g/mol. The quantitative estimate of drug-likeness (QED) is 0.103. The Kier molecular flexibility index (Phi) is 12.0. The number of halogens is 6. The molecule has 4 atom stereocenters. The molecule has 2 aromatic rings. The number of esters is 4. The molecule has 8 nitrogen and oxygen atoms in total. The van der Waals surface area contributed by atoms with E-state index in [1.165, 1.54) is 0 Å². The lowest BCUT2D eigenvalue weighted by molar-refractivity contribution is -0.156. The normalized spacial score (nSPS) is 20.6. The molecule has 2 aliphatic rings. The molecule has 44 heavy (non-hydrogen) atoms. The van der Waals surface area contributed by atoms with E-state index in [0.717, 1.165) is 37.8 Å². The minimum atomic E-state index is -1.64. The number of carbonyl (C=O) groups is 4. The smallest absolute Gasteiger partial charge is 0.423 e. The minimum Gasteiger partial charge on any atom is -0.462 e. The van der Waals surface area contributed by atoms with Crippen molar-refractivity contribution in [1.29, 1.82) is 0 Å². The van der Waals surface area contributed by atoms with Crippen LogP contribution in [0.25, 0.3) is 0 Å². The largest absolute Gasteiger partial charge is 0.462 e. The molecule has 238 valence electrons. The van der Waals surface area contributed by atoms with Gasteiger partial charge in [-0.05, 0) is 61.5 Å². The zero-order chi connectivity index (χ0) is 32.3. The summed E-state index contributed by atoms with van der Waals surface area (Å²) in [5.74, 6) is -4.43. The second-order valence-corrected chi connectivity index (χ2v) is 13.4. The van der Waals surface area contributed by atoms with E-state index in [-0.39, 0.29) is 43.3 Å². The topological polar surface area (TPSA) is 105 Å². The van der Waals surface area contributed by atoms with Gasteiger partial charge in [0.2, 0.25) is 0 Å². The molecule has 4 unspecified atom stereocenters. The van der Waals surface area contributed by atoms with E-state index in [0.29, 0.717) is 36.5 Å². The lowest BCUT2D eigenvalue weighted by Crippen LogP contribution is -2.28. The number of ether oxygens (including phenoxy) is 4. The summed E-state index contributed by atoms with van der Waals surface area (Å²) in [6.45, 7) is 4.40. The first-order valence-electron chi connectivity index (χ1n) is 13.9. The van der Waals surface area contributed by atoms with Gasteiger partial charge in [0.15, 0.2) is 11.5 Å². The lowest BCUT2D eigenvalue weighted by Gasteiger charge is -2.33. The lowest BCUT2D eigenvalue weighted by atomic mass is 9.73. The summed E-state index contributed by atoms with van der Waals surface area (Å²) in [6.07, 6.45) is 5.57. The molecule has 2 aliphatic carbocycles. The van der Waals surface area contributed by atoms with E-state index >= 15 is 0 Å². The molecule has 0 radical (unpaired) electrons. The number of hydrogen-bond donors (Lipinski definition) is 0. The predicted octanol–water partition coefficient (Wildman–Crippen LogP) is 9.30. The Morgan fingerprint density at radius 3 is 1.27 bits per heavy atom. The fourth-order valence-corrected chi connectivity index (χ4v) is 6.51. The second-order valence-electron chi connectivity index (χ2n) is 11.0. The van der Waals surface area contributed by atoms with Gasteiger partial charge in [-0.1, -0.05) is 96.3 Å². The van der Waals surface area contributed by atoms with E-state index in [1.807, 2.05) is 0 Å². The van der Waals surface area contributed by atoms with Crippen LogP contribution in [-0.4, -0.2) is 37.1 Å². The highest BCUT2D eigenvalue weighted by atomic mass is 35.5. The van der Waals surface area contributed by atoms with Crippen LogP contribution in [0, 0.1) is 23.7 Å². The van der Waals surface area contributed by atoms with Crippen molar-refractivity contribution in [2.24, 2.45) is 23.7 Å². The fraction of sp³-hybridized carbons (Fsp3) is 0.467. The average Bonchev–Trinajstić information content (AvgIpc) is 2.97. The van der Waals surface area contributed by atoms with Crippen LogP contribution in [0.2, 0.25) is 30.1 Å². The van der Waals surface area contributed by atoms with Gasteiger partial charge in [0.05, 0.1) is 43.3 Å². The molecule has 0 amide bonds. The number of hydrogen-bond acceptors (Lipinski definition) is 8. The van der Waals surface area contributed by atoms with Gasteiger partial charge in [-0.15, -0.1) is 0 Å². The Morgan fingerprint density at radius 1 is 0.614 bits per heavy atom. The van der Waals surface area contributed by atoms with Crippen LogP contribution in [0.5, 0.6) is 11.5 Å². The van der Waals surface area contributed by atoms with Gasteiger partial charge >= 0.3 is 23.9 Å². The summed E-state index contributed by atoms with van der Waals surface area (Å²) >= 11 is 37.2. The van der Waals surface area contributed by atoms with Gasteiger partial charge in [0, 0.05) is 0 Å². The van der Waals surface area contributed by atoms with E-state index in [1.54, 1.807) is 0 Å². The van der Waals surface area contributed by atoms with E-state index in [2.05, 4.69) is 13.8 Å². The first-order chi connectivity index (χ1) is 20.8. The summed E-state index contributed by atoms with van der Waals surface area (Å²) < 4.78 is 21.0. The maximum absolute atomic E-state index is 13.0. The van der Waals surface area contributed by atoms with Crippen LogP contribution in [0.15, 0.2) is 12.1 Å². The maximum Gasteiger partial charge on any atom is 0.423 e. The molecule has 0 saturated heterocycles. The molecule has 0 aromatic heterocycles. The number of carbonyl (C=O) groups excluding carboxylic acids is 4. The molecule has 14 heteroatoms. The summed E-state index contributed by atoms with van der Waals surface area (Å²) in [7, 11) is 0. The van der Waals surface area contributed by atoms with Crippen molar-refractivity contribution >= 4 is 93.5 Å². The van der Waals surface area contributed by atoms with Crippen molar-refractivity contribution in [3.8, 4) is 11.5 Å². The minimum absolute atomic E-state index is 0.0815. The van der Waals surface area contributed by atoms with Gasteiger partial charge in [-0.2, -0.15) is 0 Å². The van der Waals surface area contributed by atoms with Crippen molar-refractivity contribution in [2.75, 3.05) is 13.2 Å². The Labute approximate surface area is 284 Å². The summed E-state index contributed by atoms with van der Waals surface area (Å²) in [5, 5.41) is -1.45. The van der Waals surface area contributed by atoms with Crippen LogP contribution in [0.4, 0.5) is 0 Å². The van der Waals surface area contributed by atoms with Gasteiger partial charge in [0.1, 0.15) is 11.1 Å². The Balaban J connectivity index is 1.50. The van der Waals surface area contributed by atoms with Crippen LogP contribution in [0.3, 0.4) is 0 Å². The molecule has 0 spiro atoms. The standard InChI is InChI=1S/C30H28Cl6O8/c1-13-3-5-15(13)7-9-41-27(37)21-23(35)17(31)11-19(33)25(21)43-29(39)30(40)44-26-20(34)12-18(32)24(36)22(26)28(38)42-10-8-16-6-4-14(16)2/h11-16H,3-10H2,1-2H3. The average molecular weight is 729 g/mol. The predicted molar refractivity (Wildman–Crippen MR) is 168 cm³/mol. The van der Waals surface area contributed by atoms with Gasteiger partial charge in [-0.3, -0.25) is 0 Å². The maximum atomic E-state index is 13.0. The van der Waals surface area contributed by atoms with E-state index < -0.39 is 46.5 Å². The molecule has 2 saturated carbocycles. The highest BCUT2D eigenvalue weighted by molar-refractivity contribution is 6.47. The Bertz CT molecular complexity index is 1370. The first kappa shape index (κ1) is 34.9. The van der Waals surface area contributed by atoms with Gasteiger partial charge in [0.25, 0.3) is 0 Å². The van der Waals surface area contributed by atoms with Gasteiger partial charge < -0.3 is 18.9 Å². The van der Waals surface area contributed by atoms with Crippen LogP contribution < -0.4 is 9.47 Å². The fourth-order valence-electron chi connectivity index (χ4n) is 5.07. The van der Waals surface area contributed by atoms with Crippen molar-refractivity contribution in [3.63, 3.8) is 0 Å². The molecule has 2 fully saturated rings. The highest BCUT2D eigenvalue weighted by Gasteiger charge is 2.33. The summed E-state index contributed by atoms with van der Waals surface area (Å²) in [4.78, 5) is 51.7. The second kappa shape index (κ2) is 15.1. The third-order valence-corrected chi connectivity index (χ3v) is 10.4. The first-order valence-corrected chi connectivity index (χ1v) is 16.2. The highest BCUT2D eigenvalue weighted by Crippen LogP contribution is 2.42. The summed E-state index contributed by atoms with van der Waals surface area (Å²) in [5.41, 5.74) is -0.908. The molecular weight excluding hydrogens is 701 g/mol. The van der Waals surface area contributed by atoms with Crippen molar-refractivity contribution in [1.82, 2.24) is 0 Å². The molecule has 0 aliphatic heterocycles. The van der Waals surface area contributed by atoms with Crippen LogP contribution >= 0.6 is 69.6 Å². The van der Waals surface area contributed by atoms with Crippen molar-refractivity contribution in [3.05, 3.63) is 53.4 Å². The number of benzene rings is 2. The van der Waals surface area contributed by atoms with Gasteiger partial charge in [-0.25, -0.2) is 19.2 Å². The molecule has 0 heterocycles. The molecule has 0 bridgehead atoms. The van der Waals surface area contributed by atoms with Crippen LogP contribution in [0.1, 0.15) is 73.1 Å². The van der Waals surface area contributed by atoms with E-state index in [4.69, 9.17) is 88.6 Å². The molecular formula is C30H28Cl6O8. The number of rotatable bonds is 10.